The van der Waals surface area contributed by atoms with Crippen LogP contribution in [0.3, 0.4) is 0 Å². The second-order valence-electron chi connectivity index (χ2n) is 24.6. The van der Waals surface area contributed by atoms with Crippen molar-refractivity contribution in [2.24, 2.45) is 11.8 Å². The first kappa shape index (κ1) is 86.0. The van der Waals surface area contributed by atoms with E-state index >= 15 is 0 Å². The minimum Gasteiger partial charge on any atom is -0.462 e. The summed E-state index contributed by atoms with van der Waals surface area (Å²) in [4.78, 5) is 72.4. The highest BCUT2D eigenvalue weighted by molar-refractivity contribution is 7.47. The predicted molar refractivity (Wildman–Crippen MR) is 358 cm³/mol. The molecule has 0 aromatic heterocycles. The molecule has 17 nitrogen and oxygen atoms in total. The minimum atomic E-state index is -4.96. The summed E-state index contributed by atoms with van der Waals surface area (Å²) in [7, 11) is -9.92. The second kappa shape index (κ2) is 61.2. The molecule has 0 radical (unpaired) electrons. The maximum absolute atomic E-state index is 13.0. The van der Waals surface area contributed by atoms with E-state index in [1.807, 2.05) is 0 Å². The van der Waals surface area contributed by atoms with E-state index in [1.165, 1.54) is 83.5 Å². The van der Waals surface area contributed by atoms with Crippen LogP contribution in [-0.4, -0.2) is 96.7 Å². The Hall–Kier alpha value is -2.98. The van der Waals surface area contributed by atoms with Crippen LogP contribution >= 0.6 is 15.6 Å². The third-order valence-corrected chi connectivity index (χ3v) is 17.2. The zero-order valence-corrected chi connectivity index (χ0v) is 58.5. The Morgan fingerprint density at radius 3 is 1.00 bits per heavy atom. The lowest BCUT2D eigenvalue weighted by Gasteiger charge is -2.21. The number of carbonyl (C=O) groups excluding carboxylic acids is 4. The SMILES string of the molecule is CCCCCC/C=C\C=C/CCCCCCCC(=O)O[C@H](COC(=O)CCCCCCCCC(C)C)COP(=O)(O)OC[C@H](O)COP(=O)(O)OC[C@@H](COC(=O)CCCCCCCCC(C)CC)OC(=O)CCCCCCC/C=C\C=C/CCCCCC. The molecule has 0 aromatic rings. The number of hydrogen-bond donors (Lipinski definition) is 3. The molecule has 3 unspecified atom stereocenters. The summed E-state index contributed by atoms with van der Waals surface area (Å²) in [5.41, 5.74) is 0. The molecule has 520 valence electrons. The van der Waals surface area contributed by atoms with Crippen LogP contribution in [0.5, 0.6) is 0 Å². The number of aliphatic hydroxyl groups is 1. The first-order valence-corrected chi connectivity index (χ1v) is 38.2. The van der Waals surface area contributed by atoms with E-state index < -0.39 is 97.5 Å². The van der Waals surface area contributed by atoms with Crippen molar-refractivity contribution in [3.8, 4) is 0 Å². The van der Waals surface area contributed by atoms with Gasteiger partial charge in [0.2, 0.25) is 0 Å². The van der Waals surface area contributed by atoms with Gasteiger partial charge in [-0.3, -0.25) is 37.3 Å². The zero-order valence-electron chi connectivity index (χ0n) is 56.7. The molecule has 0 aliphatic rings. The Kier molecular flexibility index (Phi) is 59.2. The molecule has 0 amide bonds. The van der Waals surface area contributed by atoms with Gasteiger partial charge in [0.25, 0.3) is 0 Å². The Morgan fingerprint density at radius 1 is 0.371 bits per heavy atom. The van der Waals surface area contributed by atoms with Crippen LogP contribution in [-0.2, 0) is 65.4 Å². The van der Waals surface area contributed by atoms with Crippen molar-refractivity contribution in [2.75, 3.05) is 39.6 Å². The molecule has 0 fully saturated rings. The van der Waals surface area contributed by atoms with Crippen molar-refractivity contribution in [3.05, 3.63) is 48.6 Å². The highest BCUT2D eigenvalue weighted by Crippen LogP contribution is 2.45. The Morgan fingerprint density at radius 2 is 0.663 bits per heavy atom. The molecule has 0 heterocycles. The fraction of sp³-hybridized carbons (Fsp3) is 0.829. The lowest BCUT2D eigenvalue weighted by Crippen LogP contribution is -2.30. The topological polar surface area (TPSA) is 237 Å². The van der Waals surface area contributed by atoms with E-state index in [2.05, 4.69) is 90.2 Å². The number of phosphoric acid groups is 2. The van der Waals surface area contributed by atoms with Gasteiger partial charge in [-0.05, 0) is 88.9 Å². The van der Waals surface area contributed by atoms with Gasteiger partial charge >= 0.3 is 39.5 Å². The normalized spacial score (nSPS) is 14.8. The number of esters is 4. The lowest BCUT2D eigenvalue weighted by molar-refractivity contribution is -0.161. The molecule has 0 bridgehead atoms. The van der Waals surface area contributed by atoms with Crippen LogP contribution in [0.25, 0.3) is 0 Å². The molecule has 19 heteroatoms. The van der Waals surface area contributed by atoms with E-state index in [4.69, 9.17) is 37.0 Å². The van der Waals surface area contributed by atoms with Gasteiger partial charge in [-0.25, -0.2) is 9.13 Å². The molecule has 6 atom stereocenters. The third-order valence-electron chi connectivity index (χ3n) is 15.3. The van der Waals surface area contributed by atoms with Crippen molar-refractivity contribution in [1.29, 1.82) is 0 Å². The monoisotopic (exact) mass is 1300 g/mol. The van der Waals surface area contributed by atoms with Crippen molar-refractivity contribution < 1.29 is 80.2 Å². The Bertz CT molecular complexity index is 1920. The molecule has 0 saturated heterocycles. The van der Waals surface area contributed by atoms with Crippen molar-refractivity contribution >= 4 is 39.5 Å². The van der Waals surface area contributed by atoms with E-state index in [-0.39, 0.29) is 25.7 Å². The van der Waals surface area contributed by atoms with Crippen LogP contribution in [0, 0.1) is 11.8 Å². The number of unbranched alkanes of at least 4 members (excludes halogenated alkanes) is 28. The number of carbonyl (C=O) groups is 4. The number of hydrogen-bond acceptors (Lipinski definition) is 15. The van der Waals surface area contributed by atoms with Gasteiger partial charge in [-0.2, -0.15) is 0 Å². The van der Waals surface area contributed by atoms with E-state index in [1.54, 1.807) is 0 Å². The molecule has 0 aliphatic heterocycles. The van der Waals surface area contributed by atoms with Crippen molar-refractivity contribution in [1.82, 2.24) is 0 Å². The highest BCUT2D eigenvalue weighted by Gasteiger charge is 2.30. The number of phosphoric ester groups is 2. The van der Waals surface area contributed by atoms with Gasteiger partial charge in [0, 0.05) is 25.7 Å². The highest BCUT2D eigenvalue weighted by atomic mass is 31.2. The van der Waals surface area contributed by atoms with Gasteiger partial charge in [0.05, 0.1) is 26.4 Å². The third kappa shape index (κ3) is 62.3. The molecule has 89 heavy (non-hydrogen) atoms. The van der Waals surface area contributed by atoms with Crippen LogP contribution in [0.4, 0.5) is 0 Å². The van der Waals surface area contributed by atoms with E-state index in [0.29, 0.717) is 31.6 Å². The summed E-state index contributed by atoms with van der Waals surface area (Å²) in [5, 5.41) is 10.6. The molecule has 0 aliphatic carbocycles. The number of ether oxygens (including phenoxy) is 4. The molecule has 0 aromatic carbocycles. The van der Waals surface area contributed by atoms with Gasteiger partial charge < -0.3 is 33.8 Å². The summed E-state index contributed by atoms with van der Waals surface area (Å²) < 4.78 is 68.1. The smallest absolute Gasteiger partial charge is 0.462 e. The number of allylic oxidation sites excluding steroid dienone is 8. The molecule has 0 spiro atoms. The number of aliphatic hydroxyl groups excluding tert-OH is 1. The average molecular weight is 1300 g/mol. The van der Waals surface area contributed by atoms with Gasteiger partial charge in [0.15, 0.2) is 12.2 Å². The van der Waals surface area contributed by atoms with Crippen LogP contribution in [0.15, 0.2) is 48.6 Å². The average Bonchev–Trinajstić information content (AvgIpc) is 3.72. The van der Waals surface area contributed by atoms with Gasteiger partial charge in [0.1, 0.15) is 19.3 Å². The van der Waals surface area contributed by atoms with Crippen molar-refractivity contribution in [3.63, 3.8) is 0 Å². The first-order valence-electron chi connectivity index (χ1n) is 35.2. The van der Waals surface area contributed by atoms with Crippen LogP contribution < -0.4 is 0 Å². The van der Waals surface area contributed by atoms with Gasteiger partial charge in [-0.15, -0.1) is 0 Å². The summed E-state index contributed by atoms with van der Waals surface area (Å²) >= 11 is 0. The maximum atomic E-state index is 13.0. The standard InChI is InChI=1S/C70H128O17P2/c1-7-10-12-14-16-18-20-22-24-26-28-30-32-42-48-54-69(74)86-65(58-80-67(72)52-46-40-36-34-38-44-50-62(4)5)60-84-88(76,77)82-56-64(71)57-83-89(78,79)85-61-66(59-81-68(73)53-47-41-37-35-39-45-51-63(6)9-3)87-70(75)55-49-43-33-31-29-27-25-23-21-19-17-15-13-11-8-2/h18-25,62-66,71H,7-17,26-61H2,1-6H3,(H,76,77)(H,78,79)/b20-18-,21-19-,24-22-,25-23-/t63?,64-,65+,66+/m0/s1. The largest absolute Gasteiger partial charge is 0.472 e. The second-order valence-corrected chi connectivity index (χ2v) is 27.5. The van der Waals surface area contributed by atoms with E-state index in [9.17, 15) is 43.2 Å². The van der Waals surface area contributed by atoms with Crippen LogP contribution in [0.1, 0.15) is 305 Å². The first-order chi connectivity index (χ1) is 42.9. The summed E-state index contributed by atoms with van der Waals surface area (Å²) in [5.74, 6) is -0.790. The molecule has 0 saturated carbocycles. The minimum absolute atomic E-state index is 0.0810. The van der Waals surface area contributed by atoms with Gasteiger partial charge in [-0.1, -0.05) is 251 Å². The summed E-state index contributed by atoms with van der Waals surface area (Å²) in [6, 6.07) is 0. The number of rotatable bonds is 65. The molecular formula is C70H128O17P2. The van der Waals surface area contributed by atoms with E-state index in [0.717, 1.165) is 134 Å². The molecule has 0 rings (SSSR count). The molecule has 3 N–H and O–H groups in total. The maximum Gasteiger partial charge on any atom is 0.472 e. The Balaban J connectivity index is 5.31. The predicted octanol–water partition coefficient (Wildman–Crippen LogP) is 19.1. The zero-order chi connectivity index (χ0) is 65.7. The molecular weight excluding hydrogens is 1170 g/mol. The summed E-state index contributed by atoms with van der Waals surface area (Å²) in [6.45, 7) is 9.27. The fourth-order valence-electron chi connectivity index (χ4n) is 9.48. The quantitative estimate of drug-likeness (QED) is 0.0169. The van der Waals surface area contributed by atoms with Crippen molar-refractivity contribution in [2.45, 2.75) is 323 Å². The fourth-order valence-corrected chi connectivity index (χ4v) is 11.1. The Labute approximate surface area is 540 Å². The summed E-state index contributed by atoms with van der Waals surface area (Å²) in [6.07, 6.45) is 51.8. The lowest BCUT2D eigenvalue weighted by atomic mass is 10.00. The van der Waals surface area contributed by atoms with Crippen LogP contribution in [0.2, 0.25) is 0 Å².